The van der Waals surface area contributed by atoms with Crippen LogP contribution in [0.1, 0.15) is 36.0 Å². The molecule has 1 amide bonds. The molecule has 1 fully saturated rings. The van der Waals surface area contributed by atoms with Crippen LogP contribution in [0.5, 0.6) is 0 Å². The fourth-order valence-corrected chi connectivity index (χ4v) is 2.90. The Morgan fingerprint density at radius 2 is 2.10 bits per heavy atom. The summed E-state index contributed by atoms with van der Waals surface area (Å²) in [5.74, 6) is -0.969. The summed E-state index contributed by atoms with van der Waals surface area (Å²) in [5.41, 5.74) is 5.04. The Morgan fingerprint density at radius 1 is 1.45 bits per heavy atom. The van der Waals surface area contributed by atoms with E-state index < -0.39 is 17.3 Å². The van der Waals surface area contributed by atoms with Crippen LogP contribution in [-0.2, 0) is 0 Å². The minimum atomic E-state index is -0.850. The first-order chi connectivity index (χ1) is 9.48. The van der Waals surface area contributed by atoms with Crippen LogP contribution in [-0.4, -0.2) is 22.5 Å². The topological polar surface area (TPSA) is 87.7 Å². The number of carbonyl (C=O) groups is 1. The quantitative estimate of drug-likeness (QED) is 0.340. The van der Waals surface area contributed by atoms with Crippen LogP contribution in [0.2, 0.25) is 0 Å². The number of nitrogens with two attached hydrogens (primary N) is 1. The maximum atomic E-state index is 13.3. The van der Waals surface area contributed by atoms with E-state index in [9.17, 15) is 9.18 Å². The highest BCUT2D eigenvalue weighted by atomic mass is 79.9. The zero-order chi connectivity index (χ0) is 14.8. The third-order valence-electron chi connectivity index (χ3n) is 3.58. The molecule has 0 radical (unpaired) electrons. The number of oxime groups is 1. The predicted molar refractivity (Wildman–Crippen MR) is 76.2 cm³/mol. The number of amidine groups is 1. The van der Waals surface area contributed by atoms with Gasteiger partial charge in [0, 0.05) is 4.47 Å². The summed E-state index contributed by atoms with van der Waals surface area (Å²) in [6.07, 6.45) is 2.95. The van der Waals surface area contributed by atoms with E-state index in [1.165, 1.54) is 12.1 Å². The van der Waals surface area contributed by atoms with Gasteiger partial charge in [-0.3, -0.25) is 4.79 Å². The van der Waals surface area contributed by atoms with Crippen molar-refractivity contribution in [3.8, 4) is 0 Å². The minimum absolute atomic E-state index is 0.0177. The van der Waals surface area contributed by atoms with Crippen molar-refractivity contribution in [1.82, 2.24) is 5.32 Å². The van der Waals surface area contributed by atoms with Gasteiger partial charge >= 0.3 is 0 Å². The van der Waals surface area contributed by atoms with Gasteiger partial charge in [0.15, 0.2) is 5.84 Å². The zero-order valence-electron chi connectivity index (χ0n) is 10.7. The van der Waals surface area contributed by atoms with E-state index >= 15 is 0 Å². The smallest absolute Gasteiger partial charge is 0.253 e. The van der Waals surface area contributed by atoms with Gasteiger partial charge in [-0.2, -0.15) is 0 Å². The van der Waals surface area contributed by atoms with Crippen molar-refractivity contribution < 1.29 is 14.4 Å². The van der Waals surface area contributed by atoms with E-state index in [0.29, 0.717) is 17.3 Å². The molecule has 0 heterocycles. The lowest BCUT2D eigenvalue weighted by atomic mass is 9.95. The molecule has 0 aromatic heterocycles. The normalized spacial score (nSPS) is 18.0. The highest BCUT2D eigenvalue weighted by molar-refractivity contribution is 9.10. The van der Waals surface area contributed by atoms with Gasteiger partial charge < -0.3 is 16.3 Å². The van der Waals surface area contributed by atoms with Crippen molar-refractivity contribution in [3.63, 3.8) is 0 Å². The first kappa shape index (κ1) is 14.8. The molecule has 0 unspecified atom stereocenters. The van der Waals surface area contributed by atoms with Crippen molar-refractivity contribution in [2.45, 2.75) is 31.2 Å². The van der Waals surface area contributed by atoms with Gasteiger partial charge in [0.1, 0.15) is 11.4 Å². The summed E-state index contributed by atoms with van der Waals surface area (Å²) >= 11 is 3.21. The lowest BCUT2D eigenvalue weighted by molar-refractivity contribution is 0.0921. The molecule has 5 nitrogen and oxygen atoms in total. The maximum Gasteiger partial charge on any atom is 0.253 e. The number of hydrogen-bond acceptors (Lipinski definition) is 3. The molecule has 4 N–H and O–H groups in total. The highest BCUT2D eigenvalue weighted by Gasteiger charge is 2.40. The number of carbonyl (C=O) groups excluding carboxylic acids is 1. The second kappa shape index (κ2) is 5.78. The third-order valence-corrected chi connectivity index (χ3v) is 4.27. The third kappa shape index (κ3) is 2.77. The molecule has 20 heavy (non-hydrogen) atoms. The fourth-order valence-electron chi connectivity index (χ4n) is 2.48. The molecule has 0 bridgehead atoms. The van der Waals surface area contributed by atoms with Crippen molar-refractivity contribution in [2.75, 3.05) is 0 Å². The van der Waals surface area contributed by atoms with Crippen LogP contribution in [0.25, 0.3) is 0 Å². The monoisotopic (exact) mass is 343 g/mol. The number of nitrogens with zero attached hydrogens (tertiary/aromatic N) is 1. The largest absolute Gasteiger partial charge is 0.409 e. The van der Waals surface area contributed by atoms with Gasteiger partial charge in [0.2, 0.25) is 0 Å². The van der Waals surface area contributed by atoms with Gasteiger partial charge in [0.05, 0.1) is 5.56 Å². The molecule has 1 aromatic rings. The molecule has 1 saturated carbocycles. The second-order valence-electron chi connectivity index (χ2n) is 4.85. The molecule has 2 rings (SSSR count). The van der Waals surface area contributed by atoms with Crippen LogP contribution in [0.4, 0.5) is 4.39 Å². The zero-order valence-corrected chi connectivity index (χ0v) is 12.3. The molecule has 0 spiro atoms. The lowest BCUT2D eigenvalue weighted by Gasteiger charge is -2.28. The number of nitrogens with one attached hydrogen (secondary N) is 1. The minimum Gasteiger partial charge on any atom is -0.409 e. The van der Waals surface area contributed by atoms with Crippen LogP contribution in [0, 0.1) is 5.82 Å². The summed E-state index contributed by atoms with van der Waals surface area (Å²) in [5, 5.41) is 14.7. The Labute approximate surface area is 124 Å². The molecule has 0 aliphatic heterocycles. The first-order valence-corrected chi connectivity index (χ1v) is 7.03. The summed E-state index contributed by atoms with van der Waals surface area (Å²) in [6, 6.07) is 3.87. The summed E-state index contributed by atoms with van der Waals surface area (Å²) in [4.78, 5) is 12.3. The van der Waals surface area contributed by atoms with Crippen molar-refractivity contribution in [1.29, 1.82) is 0 Å². The van der Waals surface area contributed by atoms with Crippen molar-refractivity contribution in [2.24, 2.45) is 10.9 Å². The molecule has 1 aromatic carbocycles. The van der Waals surface area contributed by atoms with Crippen molar-refractivity contribution >= 4 is 27.7 Å². The number of benzene rings is 1. The second-order valence-corrected chi connectivity index (χ2v) is 5.71. The Bertz CT molecular complexity index is 557. The fraction of sp³-hybridized carbons (Fsp3) is 0.385. The van der Waals surface area contributed by atoms with E-state index in [-0.39, 0.29) is 11.4 Å². The molecular formula is C13H15BrFN3O2. The molecule has 1 aliphatic rings. The standard InChI is InChI=1S/C13H15BrFN3O2/c14-10-4-3-8(15)7-9(10)11(19)17-13(12(16)18-20)5-1-2-6-13/h3-4,7,20H,1-2,5-6H2,(H2,16,18)(H,17,19). The van der Waals surface area contributed by atoms with Crippen LogP contribution < -0.4 is 11.1 Å². The van der Waals surface area contributed by atoms with Gasteiger partial charge in [0.25, 0.3) is 5.91 Å². The number of hydrogen-bond donors (Lipinski definition) is 3. The molecule has 0 atom stereocenters. The van der Waals surface area contributed by atoms with Crippen molar-refractivity contribution in [3.05, 3.63) is 34.1 Å². The average molecular weight is 344 g/mol. The Morgan fingerprint density at radius 3 is 2.70 bits per heavy atom. The average Bonchev–Trinajstić information content (AvgIpc) is 2.90. The lowest BCUT2D eigenvalue weighted by Crippen LogP contribution is -2.55. The van der Waals surface area contributed by atoms with Gasteiger partial charge in [-0.25, -0.2) is 4.39 Å². The summed E-state index contributed by atoms with van der Waals surface area (Å²) in [6.45, 7) is 0. The summed E-state index contributed by atoms with van der Waals surface area (Å²) < 4.78 is 13.7. The van der Waals surface area contributed by atoms with E-state index in [4.69, 9.17) is 10.9 Å². The number of halogens is 2. The van der Waals surface area contributed by atoms with Crippen LogP contribution >= 0.6 is 15.9 Å². The number of rotatable bonds is 3. The summed E-state index contributed by atoms with van der Waals surface area (Å²) in [7, 11) is 0. The molecule has 1 aliphatic carbocycles. The van der Waals surface area contributed by atoms with Crippen LogP contribution in [0.3, 0.4) is 0 Å². The Kier molecular flexibility index (Phi) is 4.27. The van der Waals surface area contributed by atoms with E-state index in [2.05, 4.69) is 26.4 Å². The van der Waals surface area contributed by atoms with Gasteiger partial charge in [-0.15, -0.1) is 0 Å². The van der Waals surface area contributed by atoms with Crippen LogP contribution in [0.15, 0.2) is 27.8 Å². The predicted octanol–water partition coefficient (Wildman–Crippen LogP) is 2.38. The van der Waals surface area contributed by atoms with E-state index in [1.54, 1.807) is 0 Å². The molecule has 7 heteroatoms. The first-order valence-electron chi connectivity index (χ1n) is 6.24. The van der Waals surface area contributed by atoms with Gasteiger partial charge in [-0.1, -0.05) is 18.0 Å². The molecule has 0 saturated heterocycles. The Hall–Kier alpha value is -1.63. The van der Waals surface area contributed by atoms with E-state index in [0.717, 1.165) is 18.9 Å². The number of amides is 1. The maximum absolute atomic E-state index is 13.3. The molecular weight excluding hydrogens is 329 g/mol. The van der Waals surface area contributed by atoms with E-state index in [1.807, 2.05) is 0 Å². The highest BCUT2D eigenvalue weighted by Crippen LogP contribution is 2.30. The SMILES string of the molecule is N/C(=N/O)C1(NC(=O)c2cc(F)ccc2Br)CCCC1. The molecule has 108 valence electrons. The van der Waals surface area contributed by atoms with Gasteiger partial charge in [-0.05, 0) is 47.0 Å². The Balaban J connectivity index is 2.27.